The Hall–Kier alpha value is -1.45. The molecule has 118 valence electrons. The van der Waals surface area contributed by atoms with Crippen LogP contribution in [0.2, 0.25) is 0 Å². The molecule has 0 saturated carbocycles. The molecule has 0 bridgehead atoms. The maximum absolute atomic E-state index is 12.3. The van der Waals surface area contributed by atoms with Crippen LogP contribution in [0.15, 0.2) is 29.2 Å². The van der Waals surface area contributed by atoms with Crippen molar-refractivity contribution >= 4 is 31.5 Å². The molecular formula is C12H18N2O5S2. The predicted molar refractivity (Wildman–Crippen MR) is 80.1 cm³/mol. The average molecular weight is 334 g/mol. The van der Waals surface area contributed by atoms with Crippen molar-refractivity contribution in [1.29, 1.82) is 0 Å². The summed E-state index contributed by atoms with van der Waals surface area (Å²) >= 11 is 0. The van der Waals surface area contributed by atoms with Crippen LogP contribution in [0.1, 0.15) is 13.8 Å². The zero-order chi connectivity index (χ0) is 16.6. The Kier molecular flexibility index (Phi) is 4.52. The van der Waals surface area contributed by atoms with E-state index < -0.39 is 30.5 Å². The molecule has 9 heteroatoms. The van der Waals surface area contributed by atoms with Crippen molar-refractivity contribution in [1.82, 2.24) is 0 Å². The average Bonchev–Trinajstić information content (AvgIpc) is 2.34. The minimum absolute atomic E-state index is 0.0885. The summed E-state index contributed by atoms with van der Waals surface area (Å²) in [6.07, 6.45) is 0.989. The van der Waals surface area contributed by atoms with Crippen LogP contribution in [0, 0.1) is 0 Å². The van der Waals surface area contributed by atoms with Gasteiger partial charge in [-0.1, -0.05) is 0 Å². The predicted octanol–water partition coefficient (Wildman–Crippen LogP) is 0.120. The summed E-state index contributed by atoms with van der Waals surface area (Å²) in [6.45, 7) is 2.64. The number of nitrogens with zero attached hydrogens (tertiary/aromatic N) is 1. The van der Waals surface area contributed by atoms with Crippen molar-refractivity contribution in [2.45, 2.75) is 23.5 Å². The fourth-order valence-electron chi connectivity index (χ4n) is 1.54. The molecule has 7 nitrogen and oxygen atoms in total. The van der Waals surface area contributed by atoms with Crippen molar-refractivity contribution in [3.8, 4) is 0 Å². The van der Waals surface area contributed by atoms with Gasteiger partial charge in [0.25, 0.3) is 0 Å². The molecule has 21 heavy (non-hydrogen) atoms. The zero-order valence-electron chi connectivity index (χ0n) is 12.2. The van der Waals surface area contributed by atoms with Gasteiger partial charge < -0.3 is 4.90 Å². The summed E-state index contributed by atoms with van der Waals surface area (Å²) in [5, 5.41) is 4.98. The van der Waals surface area contributed by atoms with E-state index in [2.05, 4.69) is 0 Å². The summed E-state index contributed by atoms with van der Waals surface area (Å²) in [7, 11) is -5.99. The number of hydrogen-bond donors (Lipinski definition) is 1. The SMILES string of the molecule is CN(C(=O)C(C)(C)S(C)(=O)=O)c1ccc(S(N)(=O)=O)cc1. The van der Waals surface area contributed by atoms with Crippen LogP contribution in [-0.2, 0) is 24.7 Å². The summed E-state index contributed by atoms with van der Waals surface area (Å²) in [4.78, 5) is 13.4. The van der Waals surface area contributed by atoms with Crippen LogP contribution in [0.4, 0.5) is 5.69 Å². The molecule has 0 aliphatic rings. The molecule has 0 fully saturated rings. The Balaban J connectivity index is 3.16. The fourth-order valence-corrected chi connectivity index (χ4v) is 2.51. The molecule has 0 saturated heterocycles. The summed E-state index contributed by atoms with van der Waals surface area (Å²) in [6, 6.07) is 5.27. The van der Waals surface area contributed by atoms with Gasteiger partial charge in [-0.25, -0.2) is 22.0 Å². The number of nitrogens with two attached hydrogens (primary N) is 1. The van der Waals surface area contributed by atoms with Crippen LogP contribution in [0.3, 0.4) is 0 Å². The lowest BCUT2D eigenvalue weighted by Gasteiger charge is -2.28. The molecule has 1 amide bonds. The molecule has 0 unspecified atom stereocenters. The Morgan fingerprint density at radius 3 is 1.86 bits per heavy atom. The third-order valence-electron chi connectivity index (χ3n) is 3.30. The van der Waals surface area contributed by atoms with Crippen LogP contribution >= 0.6 is 0 Å². The number of sulfonamides is 1. The van der Waals surface area contributed by atoms with Crippen LogP contribution in [-0.4, -0.2) is 40.8 Å². The van der Waals surface area contributed by atoms with E-state index in [1.807, 2.05) is 0 Å². The smallest absolute Gasteiger partial charge is 0.247 e. The molecule has 0 atom stereocenters. The van der Waals surface area contributed by atoms with E-state index in [-0.39, 0.29) is 4.90 Å². The lowest BCUT2D eigenvalue weighted by molar-refractivity contribution is -0.120. The maximum Gasteiger partial charge on any atom is 0.247 e. The molecule has 0 radical (unpaired) electrons. The first-order valence-electron chi connectivity index (χ1n) is 5.89. The standard InChI is InChI=1S/C12H18N2O5S2/c1-12(2,20(4,16)17)11(15)14(3)9-5-7-10(8-6-9)21(13,18)19/h5-8H,1-4H3,(H2,13,18,19). The van der Waals surface area contributed by atoms with Gasteiger partial charge in [0.05, 0.1) is 4.90 Å². The van der Waals surface area contributed by atoms with Crippen LogP contribution < -0.4 is 10.0 Å². The van der Waals surface area contributed by atoms with Crippen molar-refractivity contribution in [3.63, 3.8) is 0 Å². The molecule has 1 rings (SSSR count). The lowest BCUT2D eigenvalue weighted by Crippen LogP contribution is -2.48. The highest BCUT2D eigenvalue weighted by Gasteiger charge is 2.40. The first-order valence-corrected chi connectivity index (χ1v) is 9.33. The summed E-state index contributed by atoms with van der Waals surface area (Å²) < 4.78 is 44.1. The lowest BCUT2D eigenvalue weighted by atomic mass is 10.1. The summed E-state index contributed by atoms with van der Waals surface area (Å²) in [5.74, 6) is -0.617. The Morgan fingerprint density at radius 1 is 1.10 bits per heavy atom. The van der Waals surface area contributed by atoms with E-state index in [4.69, 9.17) is 5.14 Å². The van der Waals surface area contributed by atoms with Gasteiger partial charge in [0, 0.05) is 19.0 Å². The van der Waals surface area contributed by atoms with E-state index in [1.54, 1.807) is 0 Å². The quantitative estimate of drug-likeness (QED) is 0.840. The number of benzene rings is 1. The monoisotopic (exact) mass is 334 g/mol. The third kappa shape index (κ3) is 3.60. The number of primary sulfonamides is 1. The zero-order valence-corrected chi connectivity index (χ0v) is 13.8. The number of hydrogen-bond acceptors (Lipinski definition) is 5. The first-order chi connectivity index (χ1) is 9.28. The molecule has 2 N–H and O–H groups in total. The van der Waals surface area contributed by atoms with Gasteiger partial charge in [-0.05, 0) is 38.1 Å². The number of amides is 1. The van der Waals surface area contributed by atoms with Gasteiger partial charge >= 0.3 is 0 Å². The largest absolute Gasteiger partial charge is 0.314 e. The van der Waals surface area contributed by atoms with Crippen molar-refractivity contribution < 1.29 is 21.6 Å². The number of carbonyl (C=O) groups is 1. The molecule has 0 aromatic heterocycles. The van der Waals surface area contributed by atoms with Gasteiger partial charge in [0.2, 0.25) is 15.9 Å². The van der Waals surface area contributed by atoms with E-state index in [1.165, 1.54) is 45.2 Å². The molecule has 0 aliphatic heterocycles. The van der Waals surface area contributed by atoms with E-state index in [0.717, 1.165) is 11.2 Å². The molecule has 0 heterocycles. The van der Waals surface area contributed by atoms with Crippen molar-refractivity contribution in [2.24, 2.45) is 5.14 Å². The number of anilines is 1. The highest BCUT2D eigenvalue weighted by atomic mass is 32.2. The topological polar surface area (TPSA) is 115 Å². The Bertz CT molecular complexity index is 749. The van der Waals surface area contributed by atoms with Gasteiger partial charge in [-0.3, -0.25) is 4.79 Å². The van der Waals surface area contributed by atoms with Gasteiger partial charge in [-0.15, -0.1) is 0 Å². The minimum atomic E-state index is -3.82. The fraction of sp³-hybridized carbons (Fsp3) is 0.417. The van der Waals surface area contributed by atoms with Crippen LogP contribution in [0.5, 0.6) is 0 Å². The van der Waals surface area contributed by atoms with Crippen LogP contribution in [0.25, 0.3) is 0 Å². The maximum atomic E-state index is 12.3. The summed E-state index contributed by atoms with van der Waals surface area (Å²) in [5.41, 5.74) is 0.365. The minimum Gasteiger partial charge on any atom is -0.314 e. The normalized spacial score (nSPS) is 13.0. The number of sulfone groups is 1. The highest BCUT2D eigenvalue weighted by molar-refractivity contribution is 7.92. The second kappa shape index (κ2) is 5.39. The highest BCUT2D eigenvalue weighted by Crippen LogP contribution is 2.23. The second-order valence-electron chi connectivity index (χ2n) is 5.19. The van der Waals surface area contributed by atoms with E-state index >= 15 is 0 Å². The van der Waals surface area contributed by atoms with Crippen molar-refractivity contribution in [2.75, 3.05) is 18.2 Å². The Morgan fingerprint density at radius 2 is 1.52 bits per heavy atom. The van der Waals surface area contributed by atoms with Gasteiger partial charge in [-0.2, -0.15) is 0 Å². The molecule has 1 aromatic carbocycles. The van der Waals surface area contributed by atoms with E-state index in [9.17, 15) is 21.6 Å². The Labute approximate surface area is 124 Å². The third-order valence-corrected chi connectivity index (χ3v) is 6.26. The molecule has 1 aromatic rings. The molecular weight excluding hydrogens is 316 g/mol. The van der Waals surface area contributed by atoms with E-state index in [0.29, 0.717) is 5.69 Å². The number of carbonyl (C=O) groups excluding carboxylic acids is 1. The molecule has 0 spiro atoms. The first kappa shape index (κ1) is 17.6. The van der Waals surface area contributed by atoms with Gasteiger partial charge in [0.1, 0.15) is 4.75 Å². The van der Waals surface area contributed by atoms with Gasteiger partial charge in [0.15, 0.2) is 9.84 Å². The van der Waals surface area contributed by atoms with Crippen molar-refractivity contribution in [3.05, 3.63) is 24.3 Å². The number of rotatable bonds is 4. The molecule has 0 aliphatic carbocycles. The second-order valence-corrected chi connectivity index (χ2v) is 9.31.